The highest BCUT2D eigenvalue weighted by Gasteiger charge is 2.36. The minimum Gasteiger partial charge on any atom is -0.381 e. The number of aryl methyl sites for hydroxylation is 1. The van der Waals surface area contributed by atoms with E-state index in [4.69, 9.17) is 27.9 Å². The molecule has 1 aliphatic heterocycles. The number of guanidine groups is 1. The van der Waals surface area contributed by atoms with Gasteiger partial charge in [0.05, 0.1) is 0 Å². The summed E-state index contributed by atoms with van der Waals surface area (Å²) in [6, 6.07) is 7.70. The van der Waals surface area contributed by atoms with Crippen molar-refractivity contribution in [2.24, 2.45) is 4.99 Å². The third kappa shape index (κ3) is 6.73. The number of hydrogen-bond donors (Lipinski definition) is 2. The number of nitrogens with one attached hydrogen (secondary N) is 2. The van der Waals surface area contributed by atoms with Crippen LogP contribution in [0, 0.1) is 0 Å². The van der Waals surface area contributed by atoms with Gasteiger partial charge in [-0.1, -0.05) is 29.3 Å². The molecule has 1 saturated heterocycles. The van der Waals surface area contributed by atoms with Crippen LogP contribution in [0.1, 0.15) is 24.8 Å². The molecular formula is C20H28Cl2IN5O. The van der Waals surface area contributed by atoms with E-state index in [1.165, 1.54) is 0 Å². The second-order valence-electron chi connectivity index (χ2n) is 6.99. The van der Waals surface area contributed by atoms with E-state index in [1.54, 1.807) is 13.2 Å². The highest BCUT2D eigenvalue weighted by atomic mass is 127. The van der Waals surface area contributed by atoms with Crippen LogP contribution in [0.4, 0.5) is 0 Å². The zero-order valence-corrected chi connectivity index (χ0v) is 20.4. The number of hydrogen-bond acceptors (Lipinski definition) is 3. The van der Waals surface area contributed by atoms with E-state index < -0.39 is 0 Å². The molecule has 1 aliphatic rings. The Bertz CT molecular complexity index is 779. The SMILES string of the molecule is CN=C(NCCCn1cccn1)NCC1(c2ccc(Cl)cc2Cl)CCOCC1.I. The first-order valence-corrected chi connectivity index (χ1v) is 10.3. The highest BCUT2D eigenvalue weighted by molar-refractivity contribution is 14.0. The summed E-state index contributed by atoms with van der Waals surface area (Å²) in [4.78, 5) is 4.35. The molecule has 0 atom stereocenters. The first kappa shape index (κ1) is 24.2. The van der Waals surface area contributed by atoms with E-state index in [0.717, 1.165) is 63.6 Å². The number of ether oxygens (including phenoxy) is 1. The first-order valence-electron chi connectivity index (χ1n) is 9.58. The molecule has 1 fully saturated rings. The van der Waals surface area contributed by atoms with Crippen LogP contribution in [0.2, 0.25) is 10.0 Å². The molecule has 2 heterocycles. The van der Waals surface area contributed by atoms with Gasteiger partial charge in [0.25, 0.3) is 0 Å². The molecule has 1 aromatic heterocycles. The van der Waals surface area contributed by atoms with Crippen molar-refractivity contribution in [3.63, 3.8) is 0 Å². The van der Waals surface area contributed by atoms with Crippen LogP contribution < -0.4 is 10.6 Å². The predicted molar refractivity (Wildman–Crippen MR) is 130 cm³/mol. The van der Waals surface area contributed by atoms with E-state index in [1.807, 2.05) is 35.1 Å². The molecule has 0 spiro atoms. The average molecular weight is 552 g/mol. The van der Waals surface area contributed by atoms with Gasteiger partial charge in [-0.25, -0.2) is 0 Å². The fraction of sp³-hybridized carbons (Fsp3) is 0.500. The summed E-state index contributed by atoms with van der Waals surface area (Å²) in [6.07, 6.45) is 6.53. The van der Waals surface area contributed by atoms with E-state index >= 15 is 0 Å². The third-order valence-electron chi connectivity index (χ3n) is 5.19. The Hall–Kier alpha value is -1.03. The zero-order chi connectivity index (χ0) is 19.8. The molecule has 2 aromatic rings. The lowest BCUT2D eigenvalue weighted by Gasteiger charge is -2.39. The second kappa shape index (κ2) is 12.0. The predicted octanol–water partition coefficient (Wildman–Crippen LogP) is 4.11. The van der Waals surface area contributed by atoms with Gasteiger partial charge in [0.2, 0.25) is 0 Å². The second-order valence-corrected chi connectivity index (χ2v) is 7.84. The fourth-order valence-electron chi connectivity index (χ4n) is 3.58. The van der Waals surface area contributed by atoms with Crippen LogP contribution in [-0.4, -0.2) is 49.1 Å². The van der Waals surface area contributed by atoms with Crippen molar-refractivity contribution in [1.29, 1.82) is 0 Å². The minimum absolute atomic E-state index is 0. The third-order valence-corrected chi connectivity index (χ3v) is 5.73. The molecule has 160 valence electrons. The van der Waals surface area contributed by atoms with Gasteiger partial charge in [-0.2, -0.15) is 5.10 Å². The zero-order valence-electron chi connectivity index (χ0n) is 16.5. The van der Waals surface area contributed by atoms with Crippen molar-refractivity contribution in [1.82, 2.24) is 20.4 Å². The van der Waals surface area contributed by atoms with Gasteiger partial charge in [-0.05, 0) is 43.0 Å². The van der Waals surface area contributed by atoms with Crippen molar-refractivity contribution in [3.8, 4) is 0 Å². The van der Waals surface area contributed by atoms with Crippen LogP contribution in [0.25, 0.3) is 0 Å². The van der Waals surface area contributed by atoms with Gasteiger partial charge in [-0.3, -0.25) is 9.67 Å². The van der Waals surface area contributed by atoms with Gasteiger partial charge >= 0.3 is 0 Å². The molecule has 3 rings (SSSR count). The van der Waals surface area contributed by atoms with E-state index in [-0.39, 0.29) is 29.4 Å². The number of aromatic nitrogens is 2. The van der Waals surface area contributed by atoms with Crippen molar-refractivity contribution in [3.05, 3.63) is 52.3 Å². The molecule has 0 unspecified atom stereocenters. The lowest BCUT2D eigenvalue weighted by atomic mass is 9.74. The monoisotopic (exact) mass is 551 g/mol. The number of benzene rings is 1. The molecule has 2 N–H and O–H groups in total. The van der Waals surface area contributed by atoms with Crippen LogP contribution in [0.5, 0.6) is 0 Å². The topological polar surface area (TPSA) is 63.5 Å². The molecule has 6 nitrogen and oxygen atoms in total. The lowest BCUT2D eigenvalue weighted by Crippen LogP contribution is -2.48. The van der Waals surface area contributed by atoms with Gasteiger partial charge in [-0.15, -0.1) is 24.0 Å². The number of halogens is 3. The van der Waals surface area contributed by atoms with Gasteiger partial charge < -0.3 is 15.4 Å². The van der Waals surface area contributed by atoms with E-state index in [0.29, 0.717) is 10.0 Å². The van der Waals surface area contributed by atoms with Crippen LogP contribution in [-0.2, 0) is 16.7 Å². The summed E-state index contributed by atoms with van der Waals surface area (Å²) in [6.45, 7) is 3.86. The summed E-state index contributed by atoms with van der Waals surface area (Å²) >= 11 is 12.6. The first-order chi connectivity index (χ1) is 13.6. The Morgan fingerprint density at radius 1 is 1.28 bits per heavy atom. The summed E-state index contributed by atoms with van der Waals surface area (Å²) in [5.74, 6) is 0.788. The molecule has 9 heteroatoms. The standard InChI is InChI=1S/C20H27Cl2N5O.HI/c1-23-19(24-8-2-10-27-11-3-9-26-27)25-15-20(6-12-28-13-7-20)17-5-4-16(21)14-18(17)22;/h3-5,9,11,14H,2,6-8,10,12-13,15H2,1H3,(H2,23,24,25);1H. The van der Waals surface area contributed by atoms with Crippen LogP contribution >= 0.6 is 47.2 Å². The molecular weight excluding hydrogens is 524 g/mol. The van der Waals surface area contributed by atoms with Crippen molar-refractivity contribution >= 4 is 53.1 Å². The van der Waals surface area contributed by atoms with Crippen molar-refractivity contribution < 1.29 is 4.74 Å². The lowest BCUT2D eigenvalue weighted by molar-refractivity contribution is 0.0514. The molecule has 0 aliphatic carbocycles. The number of rotatable bonds is 7. The summed E-state index contributed by atoms with van der Waals surface area (Å²) in [7, 11) is 1.79. The molecule has 0 saturated carbocycles. The summed E-state index contributed by atoms with van der Waals surface area (Å²) in [5.41, 5.74) is 1.01. The maximum Gasteiger partial charge on any atom is 0.191 e. The van der Waals surface area contributed by atoms with Crippen molar-refractivity contribution in [2.75, 3.05) is 33.4 Å². The molecule has 0 bridgehead atoms. The Labute approximate surface area is 199 Å². The highest BCUT2D eigenvalue weighted by Crippen LogP contribution is 2.39. The van der Waals surface area contributed by atoms with E-state index in [2.05, 4.69) is 20.7 Å². The smallest absolute Gasteiger partial charge is 0.191 e. The molecule has 29 heavy (non-hydrogen) atoms. The molecule has 0 amide bonds. The maximum absolute atomic E-state index is 6.55. The largest absolute Gasteiger partial charge is 0.381 e. The summed E-state index contributed by atoms with van der Waals surface area (Å²) < 4.78 is 7.53. The quantitative estimate of drug-likeness (QED) is 0.235. The normalized spacial score (nSPS) is 16.2. The Balaban J connectivity index is 0.00000300. The van der Waals surface area contributed by atoms with Crippen molar-refractivity contribution in [2.45, 2.75) is 31.2 Å². The maximum atomic E-state index is 6.55. The van der Waals surface area contributed by atoms with E-state index in [9.17, 15) is 0 Å². The van der Waals surface area contributed by atoms with Gasteiger partial charge in [0, 0.05) is 67.7 Å². The number of aliphatic imine (C=N–C) groups is 1. The average Bonchev–Trinajstić information content (AvgIpc) is 3.21. The minimum atomic E-state index is -0.105. The Kier molecular flexibility index (Phi) is 10.0. The van der Waals surface area contributed by atoms with Crippen LogP contribution in [0.15, 0.2) is 41.7 Å². The fourth-order valence-corrected chi connectivity index (χ4v) is 4.19. The van der Waals surface area contributed by atoms with Crippen LogP contribution in [0.3, 0.4) is 0 Å². The van der Waals surface area contributed by atoms with Gasteiger partial charge in [0.15, 0.2) is 5.96 Å². The molecule has 0 radical (unpaired) electrons. The number of nitrogens with zero attached hydrogens (tertiary/aromatic N) is 3. The Morgan fingerprint density at radius 2 is 2.07 bits per heavy atom. The summed E-state index contributed by atoms with van der Waals surface area (Å²) in [5, 5.41) is 12.4. The Morgan fingerprint density at radius 3 is 2.72 bits per heavy atom. The van der Waals surface area contributed by atoms with Gasteiger partial charge in [0.1, 0.15) is 0 Å². The molecule has 1 aromatic carbocycles.